The number of carbonyl (C=O) groups excluding carboxylic acids is 1. The zero-order valence-corrected chi connectivity index (χ0v) is 11.0. The van der Waals surface area contributed by atoms with E-state index in [0.29, 0.717) is 12.5 Å². The smallest absolute Gasteiger partial charge is 0.230 e. The zero-order chi connectivity index (χ0) is 12.8. The minimum absolute atomic E-state index is 0.259. The normalized spacial score (nSPS) is 32.0. The highest BCUT2D eigenvalue weighted by Crippen LogP contribution is 2.55. The van der Waals surface area contributed by atoms with Crippen LogP contribution in [0.1, 0.15) is 25.7 Å². The van der Waals surface area contributed by atoms with Crippen LogP contribution in [-0.4, -0.2) is 19.1 Å². The highest BCUT2D eigenvalue weighted by molar-refractivity contribution is 5.96. The van der Waals surface area contributed by atoms with Gasteiger partial charge in [0.1, 0.15) is 5.75 Å². The Morgan fingerprint density at radius 2 is 1.95 bits per heavy atom. The average Bonchev–Trinajstić information content (AvgIpc) is 3.12. The lowest BCUT2D eigenvalue weighted by Gasteiger charge is -2.25. The van der Waals surface area contributed by atoms with Crippen LogP contribution in [0.2, 0.25) is 0 Å². The minimum Gasteiger partial charge on any atom is -0.491 e. The molecule has 0 saturated heterocycles. The van der Waals surface area contributed by atoms with Gasteiger partial charge in [-0.15, -0.1) is 0 Å². The first-order chi connectivity index (χ1) is 9.33. The zero-order valence-electron chi connectivity index (χ0n) is 11.0. The molecular formula is C16H19NO2. The lowest BCUT2D eigenvalue weighted by Crippen LogP contribution is -2.36. The van der Waals surface area contributed by atoms with Gasteiger partial charge < -0.3 is 9.64 Å². The van der Waals surface area contributed by atoms with Crippen LogP contribution in [0, 0.1) is 17.8 Å². The van der Waals surface area contributed by atoms with E-state index < -0.39 is 0 Å². The standard InChI is InChI=1S/C16H19NO2/c18-16(13-9-11-8-12(11)10-13)17-6-3-7-19-15-5-2-1-4-14(15)17/h1-2,4-5,11-13H,3,6-10H2. The second kappa shape index (κ2) is 4.26. The number of nitrogens with zero attached hydrogens (tertiary/aromatic N) is 1. The molecule has 0 bridgehead atoms. The third-order valence-corrected chi connectivity index (χ3v) is 4.80. The molecule has 2 saturated carbocycles. The van der Waals surface area contributed by atoms with E-state index in [2.05, 4.69) is 0 Å². The van der Waals surface area contributed by atoms with Crippen molar-refractivity contribution in [3.05, 3.63) is 24.3 Å². The summed E-state index contributed by atoms with van der Waals surface area (Å²) >= 11 is 0. The van der Waals surface area contributed by atoms with Crippen LogP contribution in [-0.2, 0) is 4.79 Å². The first-order valence-corrected chi connectivity index (χ1v) is 7.36. The molecule has 3 nitrogen and oxygen atoms in total. The van der Waals surface area contributed by atoms with Gasteiger partial charge in [0, 0.05) is 12.5 Å². The molecule has 0 radical (unpaired) electrons. The van der Waals surface area contributed by atoms with Crippen LogP contribution in [0.15, 0.2) is 24.3 Å². The van der Waals surface area contributed by atoms with Gasteiger partial charge in [-0.1, -0.05) is 12.1 Å². The third kappa shape index (κ3) is 1.92. The van der Waals surface area contributed by atoms with Crippen molar-refractivity contribution in [1.29, 1.82) is 0 Å². The largest absolute Gasteiger partial charge is 0.491 e. The van der Waals surface area contributed by atoms with Gasteiger partial charge >= 0.3 is 0 Å². The first-order valence-electron chi connectivity index (χ1n) is 7.36. The molecule has 19 heavy (non-hydrogen) atoms. The van der Waals surface area contributed by atoms with Crippen molar-refractivity contribution in [2.45, 2.75) is 25.7 Å². The maximum absolute atomic E-state index is 12.8. The lowest BCUT2D eigenvalue weighted by molar-refractivity contribution is -0.122. The van der Waals surface area contributed by atoms with Crippen molar-refractivity contribution in [1.82, 2.24) is 0 Å². The Hall–Kier alpha value is -1.51. The number of ether oxygens (including phenoxy) is 1. The van der Waals surface area contributed by atoms with Crippen molar-refractivity contribution >= 4 is 11.6 Å². The van der Waals surface area contributed by atoms with Crippen LogP contribution in [0.25, 0.3) is 0 Å². The Bertz CT molecular complexity index is 503. The van der Waals surface area contributed by atoms with Crippen molar-refractivity contribution in [3.8, 4) is 5.75 Å². The summed E-state index contributed by atoms with van der Waals surface area (Å²) in [7, 11) is 0. The Balaban J connectivity index is 1.61. The molecule has 1 aliphatic heterocycles. The maximum atomic E-state index is 12.8. The molecular weight excluding hydrogens is 238 g/mol. The topological polar surface area (TPSA) is 29.5 Å². The summed E-state index contributed by atoms with van der Waals surface area (Å²) in [6.45, 7) is 1.50. The predicted octanol–water partition coefficient (Wildman–Crippen LogP) is 2.85. The Morgan fingerprint density at radius 1 is 1.16 bits per heavy atom. The average molecular weight is 257 g/mol. The molecule has 2 unspecified atom stereocenters. The molecule has 1 amide bonds. The summed E-state index contributed by atoms with van der Waals surface area (Å²) in [6, 6.07) is 7.93. The van der Waals surface area contributed by atoms with Gasteiger partial charge in [0.2, 0.25) is 5.91 Å². The van der Waals surface area contributed by atoms with Crippen molar-refractivity contribution in [2.75, 3.05) is 18.1 Å². The Morgan fingerprint density at radius 3 is 2.79 bits per heavy atom. The molecule has 1 heterocycles. The number of hydrogen-bond acceptors (Lipinski definition) is 2. The van der Waals surface area contributed by atoms with Crippen LogP contribution >= 0.6 is 0 Å². The summed E-state index contributed by atoms with van der Waals surface area (Å²) in [4.78, 5) is 14.7. The molecule has 2 atom stereocenters. The predicted molar refractivity (Wildman–Crippen MR) is 73.2 cm³/mol. The van der Waals surface area contributed by atoms with Crippen LogP contribution in [0.4, 0.5) is 5.69 Å². The van der Waals surface area contributed by atoms with E-state index in [1.165, 1.54) is 6.42 Å². The van der Waals surface area contributed by atoms with Crippen molar-refractivity contribution < 1.29 is 9.53 Å². The molecule has 1 aromatic rings. The van der Waals surface area contributed by atoms with E-state index in [4.69, 9.17) is 4.74 Å². The van der Waals surface area contributed by atoms with Gasteiger partial charge in [0.25, 0.3) is 0 Å². The molecule has 0 aromatic heterocycles. The third-order valence-electron chi connectivity index (χ3n) is 4.80. The monoisotopic (exact) mass is 257 g/mol. The molecule has 0 spiro atoms. The minimum atomic E-state index is 0.259. The van der Waals surface area contributed by atoms with Gasteiger partial charge in [-0.05, 0) is 49.7 Å². The molecule has 3 heteroatoms. The highest BCUT2D eigenvalue weighted by atomic mass is 16.5. The number of amides is 1. The summed E-state index contributed by atoms with van der Waals surface area (Å²) < 4.78 is 5.73. The second-order valence-corrected chi connectivity index (χ2v) is 6.08. The number of fused-ring (bicyclic) bond motifs is 2. The van der Waals surface area contributed by atoms with E-state index in [0.717, 1.165) is 49.1 Å². The number of benzene rings is 1. The number of para-hydroxylation sites is 2. The molecule has 100 valence electrons. The fourth-order valence-electron chi connectivity index (χ4n) is 3.69. The van der Waals surface area contributed by atoms with Crippen LogP contribution < -0.4 is 9.64 Å². The molecule has 0 N–H and O–H groups in total. The van der Waals surface area contributed by atoms with E-state index in [-0.39, 0.29) is 5.92 Å². The van der Waals surface area contributed by atoms with Crippen molar-refractivity contribution in [3.63, 3.8) is 0 Å². The van der Waals surface area contributed by atoms with Gasteiger partial charge in [-0.2, -0.15) is 0 Å². The number of hydrogen-bond donors (Lipinski definition) is 0. The van der Waals surface area contributed by atoms with Crippen molar-refractivity contribution in [2.24, 2.45) is 17.8 Å². The quantitative estimate of drug-likeness (QED) is 0.774. The van der Waals surface area contributed by atoms with E-state index in [9.17, 15) is 4.79 Å². The maximum Gasteiger partial charge on any atom is 0.230 e. The number of carbonyl (C=O) groups is 1. The Kier molecular flexibility index (Phi) is 2.54. The highest BCUT2D eigenvalue weighted by Gasteiger charge is 2.49. The summed E-state index contributed by atoms with van der Waals surface area (Å²) in [5.41, 5.74) is 0.963. The fraction of sp³-hybridized carbons (Fsp3) is 0.562. The summed E-state index contributed by atoms with van der Waals surface area (Å²) in [5.74, 6) is 3.15. The molecule has 1 aromatic carbocycles. The van der Waals surface area contributed by atoms with E-state index >= 15 is 0 Å². The summed E-state index contributed by atoms with van der Waals surface area (Å²) in [6.07, 6.45) is 4.51. The Labute approximate surface area is 113 Å². The fourth-order valence-corrected chi connectivity index (χ4v) is 3.69. The second-order valence-electron chi connectivity index (χ2n) is 6.08. The molecule has 4 rings (SSSR count). The van der Waals surface area contributed by atoms with Crippen LogP contribution in [0.5, 0.6) is 5.75 Å². The lowest BCUT2D eigenvalue weighted by atomic mass is 10.0. The number of rotatable bonds is 1. The summed E-state index contributed by atoms with van der Waals surface area (Å²) in [5, 5.41) is 0. The van der Waals surface area contributed by atoms with Gasteiger partial charge in [-0.25, -0.2) is 0 Å². The molecule has 2 fully saturated rings. The van der Waals surface area contributed by atoms with Gasteiger partial charge in [-0.3, -0.25) is 4.79 Å². The van der Waals surface area contributed by atoms with Crippen LogP contribution in [0.3, 0.4) is 0 Å². The molecule has 2 aliphatic carbocycles. The van der Waals surface area contributed by atoms with E-state index in [1.807, 2.05) is 29.2 Å². The van der Waals surface area contributed by atoms with E-state index in [1.54, 1.807) is 0 Å². The number of anilines is 1. The first kappa shape index (κ1) is 11.3. The molecule has 3 aliphatic rings. The van der Waals surface area contributed by atoms with Gasteiger partial charge in [0.15, 0.2) is 0 Å². The SMILES string of the molecule is O=C(C1CC2CC2C1)N1CCCOc2ccccc21. The van der Waals surface area contributed by atoms with Gasteiger partial charge in [0.05, 0.1) is 12.3 Å².